The van der Waals surface area contributed by atoms with E-state index < -0.39 is 0 Å². The molecular weight excluding hydrogens is 604 g/mol. The summed E-state index contributed by atoms with van der Waals surface area (Å²) in [4.78, 5) is 15.0. The minimum atomic E-state index is -0.260. The van der Waals surface area contributed by atoms with Gasteiger partial charge in [-0.05, 0) is 145 Å². The second kappa shape index (κ2) is 12.2. The smallest absolute Gasteiger partial charge is 0.337 e. The molecule has 0 spiro atoms. The number of benzene rings is 1. The number of ether oxygens (including phenoxy) is 2. The molecule has 6 fully saturated rings. The van der Waals surface area contributed by atoms with Gasteiger partial charge < -0.3 is 14.8 Å². The summed E-state index contributed by atoms with van der Waals surface area (Å²) >= 11 is 0. The molecule has 2 aliphatic heterocycles. The fourth-order valence-corrected chi connectivity index (χ4v) is 15.0. The Hall–Kier alpha value is -1.69. The lowest BCUT2D eigenvalue weighted by Crippen LogP contribution is -2.68. The molecule has 1 aromatic carbocycles. The van der Waals surface area contributed by atoms with Crippen LogP contribution in [-0.4, -0.2) is 61.9 Å². The lowest BCUT2D eigenvalue weighted by molar-refractivity contribution is -0.220. The third-order valence-electron chi connectivity index (χ3n) is 17.4. The fourth-order valence-electron chi connectivity index (χ4n) is 15.0. The standard InChI is InChI=1S/C44H66N2O3/c1-29-17-22-44(45-25-26-46-32-9-8-10-33(46)28-49-27-32)24-23-42(5)35(38(29)44)15-16-37-41(4)20-18-34(30-11-13-31(14-12-30)39(47)48-7)40(2,3)36(41)19-21-43(37,42)6/h11-14,18,29,32-33,35-38,45H,8-10,15-17,19-28H2,1-7H3. The zero-order valence-corrected chi connectivity index (χ0v) is 31.9. The van der Waals surface area contributed by atoms with E-state index >= 15 is 0 Å². The van der Waals surface area contributed by atoms with E-state index in [1.54, 1.807) is 0 Å². The molecule has 4 saturated carbocycles. The topological polar surface area (TPSA) is 50.8 Å². The lowest BCUT2D eigenvalue weighted by Gasteiger charge is -2.72. The molecule has 1 aromatic rings. The number of carbonyl (C=O) groups excluding carboxylic acids is 1. The van der Waals surface area contributed by atoms with Crippen LogP contribution in [-0.2, 0) is 9.47 Å². The van der Waals surface area contributed by atoms with Gasteiger partial charge in [-0.2, -0.15) is 0 Å². The summed E-state index contributed by atoms with van der Waals surface area (Å²) in [6.45, 7) is 20.2. The molecule has 11 unspecified atom stereocenters. The molecule has 7 aliphatic rings. The molecule has 1 N–H and O–H groups in total. The minimum absolute atomic E-state index is 0.0867. The van der Waals surface area contributed by atoms with Crippen LogP contribution in [0.3, 0.4) is 0 Å². The summed E-state index contributed by atoms with van der Waals surface area (Å²) in [6.07, 6.45) is 18.8. The van der Waals surface area contributed by atoms with Gasteiger partial charge >= 0.3 is 5.97 Å². The maximum atomic E-state index is 12.1. The predicted octanol–water partition coefficient (Wildman–Crippen LogP) is 9.16. The first-order valence-corrected chi connectivity index (χ1v) is 20.4. The van der Waals surface area contributed by atoms with Crippen LogP contribution in [0, 0.1) is 51.2 Å². The summed E-state index contributed by atoms with van der Waals surface area (Å²) in [5.74, 6) is 3.61. The Bertz CT molecular complexity index is 1430. The van der Waals surface area contributed by atoms with Crippen LogP contribution in [0.5, 0.6) is 0 Å². The van der Waals surface area contributed by atoms with Gasteiger partial charge in [0.2, 0.25) is 0 Å². The van der Waals surface area contributed by atoms with Crippen molar-refractivity contribution in [1.82, 2.24) is 10.2 Å². The van der Waals surface area contributed by atoms with Gasteiger partial charge in [-0.15, -0.1) is 0 Å². The minimum Gasteiger partial charge on any atom is -0.465 e. The van der Waals surface area contributed by atoms with Crippen LogP contribution in [0.25, 0.3) is 5.57 Å². The van der Waals surface area contributed by atoms with Gasteiger partial charge in [-0.1, -0.05) is 66.2 Å². The number of allylic oxidation sites excluding steroid dienone is 2. The van der Waals surface area contributed by atoms with E-state index in [0.29, 0.717) is 45.3 Å². The van der Waals surface area contributed by atoms with Gasteiger partial charge in [0.1, 0.15) is 0 Å². The van der Waals surface area contributed by atoms with Gasteiger partial charge in [0, 0.05) is 30.7 Å². The zero-order chi connectivity index (χ0) is 34.4. The van der Waals surface area contributed by atoms with E-state index in [9.17, 15) is 4.79 Å². The van der Waals surface area contributed by atoms with Crippen LogP contribution in [0.1, 0.15) is 135 Å². The maximum Gasteiger partial charge on any atom is 0.337 e. The van der Waals surface area contributed by atoms with E-state index in [1.807, 2.05) is 12.1 Å². The van der Waals surface area contributed by atoms with Crippen LogP contribution in [0.4, 0.5) is 0 Å². The summed E-state index contributed by atoms with van der Waals surface area (Å²) in [7, 11) is 1.46. The maximum absolute atomic E-state index is 12.1. The van der Waals surface area contributed by atoms with Crippen molar-refractivity contribution in [1.29, 1.82) is 0 Å². The second-order valence-corrected chi connectivity index (χ2v) is 19.4. The number of nitrogens with zero attached hydrogens (tertiary/aromatic N) is 1. The van der Waals surface area contributed by atoms with Gasteiger partial charge in [0.05, 0.1) is 25.9 Å². The molecule has 0 radical (unpaired) electrons. The van der Waals surface area contributed by atoms with Crippen LogP contribution < -0.4 is 5.32 Å². The van der Waals surface area contributed by atoms with Crippen molar-refractivity contribution < 1.29 is 14.3 Å². The molecule has 11 atom stereocenters. The molecule has 5 aliphatic carbocycles. The van der Waals surface area contributed by atoms with Crippen molar-refractivity contribution in [3.8, 4) is 0 Å². The number of esters is 1. The Kier molecular flexibility index (Phi) is 8.56. The number of nitrogens with one attached hydrogen (secondary N) is 1. The number of hydrogen-bond acceptors (Lipinski definition) is 5. The highest BCUT2D eigenvalue weighted by atomic mass is 16.5. The van der Waals surface area contributed by atoms with Crippen molar-refractivity contribution in [2.45, 2.75) is 136 Å². The van der Waals surface area contributed by atoms with Gasteiger partial charge in [-0.25, -0.2) is 4.79 Å². The number of methoxy groups -OCH3 is 1. The quantitative estimate of drug-likeness (QED) is 0.306. The molecule has 2 bridgehead atoms. The SMILES string of the molecule is COC(=O)c1ccc(C2=CCC3(C)C(CCC4(C)C3CCC3C5C(C)CCC5(NCCN5C6CCCC5COC6)CCC34C)C2(C)C)cc1. The first-order valence-electron chi connectivity index (χ1n) is 20.4. The molecule has 2 saturated heterocycles. The molecule has 49 heavy (non-hydrogen) atoms. The molecule has 5 nitrogen and oxygen atoms in total. The van der Waals surface area contributed by atoms with E-state index in [-0.39, 0.29) is 11.4 Å². The van der Waals surface area contributed by atoms with Gasteiger partial charge in [0.15, 0.2) is 0 Å². The Morgan fingerprint density at radius 1 is 0.878 bits per heavy atom. The number of carbonyl (C=O) groups is 1. The zero-order valence-electron chi connectivity index (χ0n) is 31.9. The first kappa shape index (κ1) is 34.4. The first-order chi connectivity index (χ1) is 23.4. The second-order valence-electron chi connectivity index (χ2n) is 19.4. The summed E-state index contributed by atoms with van der Waals surface area (Å²) in [5.41, 5.74) is 4.89. The van der Waals surface area contributed by atoms with Gasteiger partial charge in [-0.3, -0.25) is 4.90 Å². The molecule has 0 aromatic heterocycles. The Labute approximate surface area is 297 Å². The Morgan fingerprint density at radius 2 is 1.61 bits per heavy atom. The number of morpholine rings is 1. The molecular formula is C44H66N2O3. The predicted molar refractivity (Wildman–Crippen MR) is 198 cm³/mol. The highest BCUT2D eigenvalue weighted by Crippen LogP contribution is 2.76. The van der Waals surface area contributed by atoms with Crippen molar-refractivity contribution in [2.24, 2.45) is 51.2 Å². The summed E-state index contributed by atoms with van der Waals surface area (Å²) in [5, 5.41) is 4.38. The van der Waals surface area contributed by atoms with E-state index in [1.165, 1.54) is 102 Å². The molecule has 2 heterocycles. The van der Waals surface area contributed by atoms with E-state index in [0.717, 1.165) is 43.4 Å². The normalized spacial score (nSPS) is 45.7. The highest BCUT2D eigenvalue weighted by Gasteiger charge is 2.70. The van der Waals surface area contributed by atoms with Crippen LogP contribution >= 0.6 is 0 Å². The summed E-state index contributed by atoms with van der Waals surface area (Å²) in [6, 6.07) is 9.49. The fraction of sp³-hybridized carbons (Fsp3) is 0.795. The van der Waals surface area contributed by atoms with Crippen molar-refractivity contribution >= 4 is 11.5 Å². The summed E-state index contributed by atoms with van der Waals surface area (Å²) < 4.78 is 11.0. The van der Waals surface area contributed by atoms with E-state index in [4.69, 9.17) is 9.47 Å². The third-order valence-corrected chi connectivity index (χ3v) is 17.4. The number of rotatable bonds is 6. The average Bonchev–Trinajstić information content (AvgIpc) is 3.40. The van der Waals surface area contributed by atoms with Crippen molar-refractivity contribution in [3.05, 3.63) is 41.5 Å². The van der Waals surface area contributed by atoms with Crippen molar-refractivity contribution in [3.63, 3.8) is 0 Å². The molecule has 270 valence electrons. The van der Waals surface area contributed by atoms with Gasteiger partial charge in [0.25, 0.3) is 0 Å². The highest BCUT2D eigenvalue weighted by molar-refractivity contribution is 5.89. The average molecular weight is 671 g/mol. The number of hydrogen-bond donors (Lipinski definition) is 1. The van der Waals surface area contributed by atoms with E-state index in [2.05, 4.69) is 70.0 Å². The third kappa shape index (κ3) is 5.04. The van der Waals surface area contributed by atoms with Crippen LogP contribution in [0.15, 0.2) is 30.3 Å². The monoisotopic (exact) mass is 671 g/mol. The molecule has 5 heteroatoms. The van der Waals surface area contributed by atoms with Crippen molar-refractivity contribution in [2.75, 3.05) is 33.4 Å². The molecule has 0 amide bonds. The Morgan fingerprint density at radius 3 is 2.33 bits per heavy atom. The Balaban J connectivity index is 1.03. The largest absolute Gasteiger partial charge is 0.465 e. The lowest BCUT2D eigenvalue weighted by atomic mass is 9.33. The van der Waals surface area contributed by atoms with Crippen LogP contribution in [0.2, 0.25) is 0 Å². The molecule has 8 rings (SSSR count). The number of piperidine rings is 1. The number of fused-ring (bicyclic) bond motifs is 9.